The highest BCUT2D eigenvalue weighted by molar-refractivity contribution is 5.99. The summed E-state index contributed by atoms with van der Waals surface area (Å²) in [7, 11) is 6.32. The summed E-state index contributed by atoms with van der Waals surface area (Å²) in [5, 5.41) is 12.6. The number of para-hydroxylation sites is 2. The van der Waals surface area contributed by atoms with E-state index in [-0.39, 0.29) is 18.3 Å². The maximum absolute atomic E-state index is 12.1. The Morgan fingerprint density at radius 2 is 0.746 bits per heavy atom. The fourth-order valence-electron chi connectivity index (χ4n) is 11.0. The van der Waals surface area contributed by atoms with Crippen LogP contribution in [0.1, 0.15) is 80.3 Å². The minimum Gasteiger partial charge on any atom is -0.497 e. The van der Waals surface area contributed by atoms with Crippen LogP contribution in [-0.2, 0) is 6.61 Å². The van der Waals surface area contributed by atoms with Crippen molar-refractivity contribution < 1.29 is 52.3 Å². The van der Waals surface area contributed by atoms with E-state index in [9.17, 15) is 19.2 Å². The second-order valence-electron chi connectivity index (χ2n) is 25.7. The van der Waals surface area contributed by atoms with E-state index in [2.05, 4.69) is 61.1 Å². The van der Waals surface area contributed by atoms with Crippen LogP contribution in [0.4, 0.5) is 46.5 Å². The summed E-state index contributed by atoms with van der Waals surface area (Å²) in [4.78, 5) is 82.8. The van der Waals surface area contributed by atoms with Gasteiger partial charge in [0.1, 0.15) is 46.9 Å². The van der Waals surface area contributed by atoms with Crippen LogP contribution in [0.5, 0.6) is 40.2 Å². The molecule has 114 heavy (non-hydrogen) atoms. The van der Waals surface area contributed by atoms with Gasteiger partial charge in [0.25, 0.3) is 23.6 Å². The molecule has 0 atom stereocenters. The lowest BCUT2D eigenvalue weighted by Gasteiger charge is -2.14. The smallest absolute Gasteiger partial charge is 0.252 e. The summed E-state index contributed by atoms with van der Waals surface area (Å²) in [6.07, 6.45) is 6.62. The predicted octanol–water partition coefficient (Wildman–Crippen LogP) is 15.7. The molecule has 0 aliphatic rings. The van der Waals surface area contributed by atoms with Crippen molar-refractivity contribution in [3.05, 3.63) is 283 Å². The first-order valence-electron chi connectivity index (χ1n) is 35.8. The maximum Gasteiger partial charge on any atom is 0.252 e. The highest BCUT2D eigenvalue weighted by Gasteiger charge is 2.19. The van der Waals surface area contributed by atoms with E-state index in [0.29, 0.717) is 98.8 Å². The molecular weight excluding hydrogens is 1450 g/mol. The Kier molecular flexibility index (Phi) is 28.5. The van der Waals surface area contributed by atoms with E-state index in [1.54, 1.807) is 113 Å². The molecule has 13 aromatic rings. The van der Waals surface area contributed by atoms with E-state index in [4.69, 9.17) is 56.1 Å². The lowest BCUT2D eigenvalue weighted by Crippen LogP contribution is -2.15. The number of nitrogens with one attached hydrogen (secondary N) is 4. The fraction of sp³-hybridized carbons (Fsp3) is 0.149. The number of anilines is 8. The summed E-state index contributed by atoms with van der Waals surface area (Å²) in [6.45, 7) is 10.5. The highest BCUT2D eigenvalue weighted by Crippen LogP contribution is 2.34. The van der Waals surface area contributed by atoms with Crippen LogP contribution in [0.2, 0.25) is 0 Å². The summed E-state index contributed by atoms with van der Waals surface area (Å²) < 4.78 is 38.1. The average molecular weight is 1530 g/mol. The number of carbonyl (C=O) groups is 4. The zero-order valence-corrected chi connectivity index (χ0v) is 64.1. The number of amides is 4. The molecule has 9 aromatic carbocycles. The van der Waals surface area contributed by atoms with Crippen LogP contribution in [0, 0.1) is 12.8 Å². The molecule has 4 heterocycles. The van der Waals surface area contributed by atoms with Gasteiger partial charge in [-0.1, -0.05) is 74.5 Å². The van der Waals surface area contributed by atoms with Crippen molar-refractivity contribution in [3.8, 4) is 85.3 Å². The molecule has 0 spiro atoms. The van der Waals surface area contributed by atoms with E-state index in [0.717, 1.165) is 73.4 Å². The predicted molar refractivity (Wildman–Crippen MR) is 441 cm³/mol. The maximum atomic E-state index is 12.1. The Hall–Kier alpha value is -15.0. The Morgan fingerprint density at radius 1 is 0.368 bits per heavy atom. The van der Waals surface area contributed by atoms with Crippen LogP contribution in [0.3, 0.4) is 0 Å². The van der Waals surface area contributed by atoms with Gasteiger partial charge in [-0.3, -0.25) is 19.2 Å². The number of aromatic nitrogens is 8. The lowest BCUT2D eigenvalue weighted by molar-refractivity contribution is 0.0986. The van der Waals surface area contributed by atoms with E-state index in [1.165, 1.54) is 7.11 Å². The minimum atomic E-state index is -0.579. The van der Waals surface area contributed by atoms with Crippen LogP contribution >= 0.6 is 0 Å². The Labute approximate surface area is 659 Å². The van der Waals surface area contributed by atoms with Gasteiger partial charge in [-0.15, -0.1) is 0 Å². The molecule has 0 saturated heterocycles. The molecule has 580 valence electrons. The molecule has 0 aliphatic heterocycles. The van der Waals surface area contributed by atoms with Gasteiger partial charge in [0.05, 0.1) is 86.2 Å². The first-order valence-corrected chi connectivity index (χ1v) is 35.8. The SMILES string of the molecule is CC(C)COc1ccc(-c2ccnc(Nc3ccccc3)n2)cc1C(N)=O.COc1cccc(COc2ccc(-c3ccnc(Nc4ccccc4)n3)cc2C(N)=O)c1.COc1cccc(Nc2ncc(C)c(-c3ccc(OC)c(C(N)=O)c3)n2)c1.COc1cccc(Nc2nccc(-c3ccc(OC(C)C)c(C(N)=O)c3)n2)c1. The number of aryl methyl sites for hydroxylation is 1. The monoisotopic (exact) mass is 1530 g/mol. The van der Waals surface area contributed by atoms with Crippen molar-refractivity contribution in [2.75, 3.05) is 56.3 Å². The standard InChI is InChI=1S/C25H22N4O3.C21H22N4O3.C21H22N4O2.C20H20N4O3/c1-31-20-9-5-6-17(14-20)16-32-23-11-10-18(15-21(23)24(26)30)22-12-13-27-25(29-22)28-19-7-3-2-4-8-19;1-13(2)28-19-8-7-14(11-17(19)20(22)26)18-9-10-23-21(25-18)24-15-5-4-6-16(12-15)27-3;1-14(2)13-27-19-9-8-15(12-17(19)20(22)26)18-10-11-23-21(25-18)24-16-6-4-3-5-7-16;1-12-11-22-20(23-14-5-4-6-15(10-14)26-2)24-18(12)13-7-8-17(27-3)16(9-13)19(21)25/h2-15H,16H2,1H3,(H2,26,30)(H,27,28,29);4-13H,1-3H3,(H2,22,26)(H,23,24,25);3-12,14H,13H2,1-2H3,(H2,22,26)(H,23,24,25);4-11H,1-3H3,(H2,21,25)(H,22,23,24). The van der Waals surface area contributed by atoms with Crippen molar-refractivity contribution in [3.63, 3.8) is 0 Å². The van der Waals surface area contributed by atoms with Crippen LogP contribution < -0.4 is 77.4 Å². The molecule has 0 bridgehead atoms. The molecule has 12 N–H and O–H groups in total. The normalized spacial score (nSPS) is 10.5. The van der Waals surface area contributed by atoms with Gasteiger partial charge in [-0.2, -0.15) is 0 Å². The quantitative estimate of drug-likeness (QED) is 0.0226. The fourth-order valence-corrected chi connectivity index (χ4v) is 11.0. The summed E-state index contributed by atoms with van der Waals surface area (Å²) in [5.74, 6) is 3.86. The third kappa shape index (κ3) is 23.3. The van der Waals surface area contributed by atoms with Gasteiger partial charge < -0.3 is 77.4 Å². The number of carbonyl (C=O) groups excluding carboxylic acids is 4. The number of nitrogens with zero attached hydrogens (tertiary/aromatic N) is 8. The first-order chi connectivity index (χ1) is 55.1. The molecule has 4 aromatic heterocycles. The first kappa shape index (κ1) is 81.5. The van der Waals surface area contributed by atoms with Crippen molar-refractivity contribution in [2.24, 2.45) is 28.9 Å². The average Bonchev–Trinajstić information content (AvgIpc) is 0.950. The van der Waals surface area contributed by atoms with Gasteiger partial charge in [0.15, 0.2) is 0 Å². The number of benzene rings is 9. The molecule has 13 rings (SSSR count). The van der Waals surface area contributed by atoms with Gasteiger partial charge in [-0.25, -0.2) is 39.9 Å². The molecule has 0 aliphatic carbocycles. The van der Waals surface area contributed by atoms with Gasteiger partial charge in [0, 0.05) is 81.9 Å². The van der Waals surface area contributed by atoms with Gasteiger partial charge >= 0.3 is 0 Å². The number of rotatable bonds is 28. The molecule has 0 radical (unpaired) electrons. The molecule has 0 unspecified atom stereocenters. The zero-order valence-electron chi connectivity index (χ0n) is 64.1. The second kappa shape index (κ2) is 39.9. The number of primary amides is 4. The van der Waals surface area contributed by atoms with Crippen LogP contribution in [-0.4, -0.2) is 105 Å². The number of hydrogen-bond donors (Lipinski definition) is 8. The second-order valence-corrected chi connectivity index (χ2v) is 25.7. The van der Waals surface area contributed by atoms with Crippen molar-refractivity contribution >= 4 is 70.2 Å². The molecule has 4 amide bonds. The Bertz CT molecular complexity index is 5470. The Morgan fingerprint density at radius 3 is 1.18 bits per heavy atom. The van der Waals surface area contributed by atoms with Crippen LogP contribution in [0.25, 0.3) is 45.0 Å². The number of nitrogens with two attached hydrogens (primary N) is 4. The summed E-state index contributed by atoms with van der Waals surface area (Å²) >= 11 is 0. The van der Waals surface area contributed by atoms with Gasteiger partial charge in [0.2, 0.25) is 23.8 Å². The molecule has 0 saturated carbocycles. The minimum absolute atomic E-state index is 0.0679. The third-order valence-electron chi connectivity index (χ3n) is 16.5. The molecule has 0 fully saturated rings. The van der Waals surface area contributed by atoms with E-state index < -0.39 is 23.6 Å². The van der Waals surface area contributed by atoms with E-state index in [1.807, 2.05) is 192 Å². The largest absolute Gasteiger partial charge is 0.497 e. The molecule has 27 heteroatoms. The lowest BCUT2D eigenvalue weighted by atomic mass is 10.0. The molecule has 27 nitrogen and oxygen atoms in total. The number of hydrogen-bond acceptors (Lipinski definition) is 23. The van der Waals surface area contributed by atoms with Crippen molar-refractivity contribution in [1.29, 1.82) is 0 Å². The Balaban J connectivity index is 0.000000161. The molecular formula is C87H86N16O11. The van der Waals surface area contributed by atoms with Crippen molar-refractivity contribution in [1.82, 2.24) is 39.9 Å². The number of ether oxygens (including phenoxy) is 7. The highest BCUT2D eigenvalue weighted by atomic mass is 16.5. The van der Waals surface area contributed by atoms with E-state index >= 15 is 0 Å². The van der Waals surface area contributed by atoms with Crippen molar-refractivity contribution in [2.45, 2.75) is 47.3 Å². The number of methoxy groups -OCH3 is 4. The topological polar surface area (TPSA) is 388 Å². The zero-order chi connectivity index (χ0) is 81.0. The van der Waals surface area contributed by atoms with Crippen LogP contribution in [0.15, 0.2) is 249 Å². The third-order valence-corrected chi connectivity index (χ3v) is 16.5. The summed E-state index contributed by atoms with van der Waals surface area (Å²) in [6, 6.07) is 68.1. The summed E-state index contributed by atoms with van der Waals surface area (Å²) in [5.41, 5.74) is 34.2. The van der Waals surface area contributed by atoms with Gasteiger partial charge in [-0.05, 0) is 189 Å².